The number of imidazole rings is 2. The van der Waals surface area contributed by atoms with Gasteiger partial charge in [-0.15, -0.1) is 23.2 Å². The number of benzene rings is 6. The average Bonchev–Trinajstić information content (AvgIpc) is 1.88. The number of anilines is 6. The summed E-state index contributed by atoms with van der Waals surface area (Å²) in [5, 5.41) is 16.3. The zero-order valence-corrected chi connectivity index (χ0v) is 50.5. The number of amides is 3. The number of alkyl carbamates (subject to hydrolysis) is 1. The van der Waals surface area contributed by atoms with Gasteiger partial charge in [0.1, 0.15) is 17.2 Å². The van der Waals surface area contributed by atoms with Gasteiger partial charge in [0.25, 0.3) is 0 Å². The molecule has 3 amide bonds. The van der Waals surface area contributed by atoms with Crippen LogP contribution in [-0.4, -0.2) is 57.9 Å². The lowest BCUT2D eigenvalue weighted by molar-refractivity contribution is -0.116. The Hall–Kier alpha value is -9.61. The van der Waals surface area contributed by atoms with Gasteiger partial charge in [0.2, 0.25) is 11.8 Å². The van der Waals surface area contributed by atoms with E-state index in [1.807, 2.05) is 154 Å². The molecular formula is C70H66Cl2N12O4. The van der Waals surface area contributed by atoms with Crippen LogP contribution in [0.3, 0.4) is 0 Å². The summed E-state index contributed by atoms with van der Waals surface area (Å²) in [5.41, 5.74) is 19.2. The fourth-order valence-electron chi connectivity index (χ4n) is 11.8. The van der Waals surface area contributed by atoms with E-state index in [1.54, 1.807) is 12.4 Å². The first-order valence-electron chi connectivity index (χ1n) is 29.4. The first kappa shape index (κ1) is 58.8. The topological polar surface area (TPSA) is 208 Å². The van der Waals surface area contributed by atoms with Crippen LogP contribution in [0.5, 0.6) is 0 Å². The van der Waals surface area contributed by atoms with Crippen molar-refractivity contribution >= 4 is 75.5 Å². The van der Waals surface area contributed by atoms with Gasteiger partial charge in [-0.3, -0.25) is 18.7 Å². The van der Waals surface area contributed by atoms with Crippen molar-refractivity contribution in [2.75, 3.05) is 26.6 Å². The highest BCUT2D eigenvalue weighted by molar-refractivity contribution is 6.40. The molecule has 4 aliphatic rings. The van der Waals surface area contributed by atoms with Crippen molar-refractivity contribution in [2.24, 2.45) is 5.73 Å². The summed E-state index contributed by atoms with van der Waals surface area (Å²) in [6.45, 7) is 5.59. The minimum absolute atomic E-state index is 0.0707. The molecular weight excluding hydrogens is 1140 g/mol. The molecule has 4 aromatic heterocycles. The molecule has 16 nitrogen and oxygen atoms in total. The smallest absolute Gasteiger partial charge is 0.408 e. The van der Waals surface area contributed by atoms with E-state index in [9.17, 15) is 14.4 Å². The van der Waals surface area contributed by atoms with Crippen LogP contribution >= 0.6 is 23.2 Å². The molecule has 88 heavy (non-hydrogen) atoms. The fourth-order valence-corrected chi connectivity index (χ4v) is 11.8. The van der Waals surface area contributed by atoms with Gasteiger partial charge in [0.05, 0.1) is 69.2 Å². The zero-order chi connectivity index (χ0) is 61.0. The molecule has 0 saturated heterocycles. The Kier molecular flexibility index (Phi) is 16.7. The maximum absolute atomic E-state index is 13.4. The van der Waals surface area contributed by atoms with Crippen molar-refractivity contribution in [1.29, 1.82) is 0 Å². The SMILES string of the molecule is CC(C)(C)OC(=O)NC1(c2ccc(-c3c(CC(=O)Nc4ccccc4)nc4n3-c3cccnc3Nc3ccccc3-4)cc2)CCC1.ClCCl.NC1(c2ccc(-c3c(CC(=O)Nc4ccccc4)nc4n3-c3cccnc3Nc3ccccc3-4)cc2)CCC1. The van der Waals surface area contributed by atoms with Gasteiger partial charge in [-0.2, -0.15) is 0 Å². The first-order valence-corrected chi connectivity index (χ1v) is 30.5. The molecule has 14 rings (SSSR count). The Morgan fingerprint density at radius 3 is 1.39 bits per heavy atom. The van der Waals surface area contributed by atoms with Crippen LogP contribution in [-0.2, 0) is 38.2 Å². The molecule has 6 aromatic carbocycles. The van der Waals surface area contributed by atoms with Gasteiger partial charge in [0, 0.05) is 51.6 Å². The normalized spacial score (nSPS) is 14.2. The number of pyridine rings is 2. The molecule has 0 atom stereocenters. The number of halogens is 2. The lowest BCUT2D eigenvalue weighted by Gasteiger charge is -2.43. The third kappa shape index (κ3) is 12.2. The van der Waals surface area contributed by atoms with E-state index in [4.69, 9.17) is 43.6 Å². The Balaban J connectivity index is 0.000000166. The van der Waals surface area contributed by atoms with Gasteiger partial charge in [-0.1, -0.05) is 109 Å². The van der Waals surface area contributed by atoms with Crippen LogP contribution in [0.2, 0.25) is 0 Å². The Labute approximate surface area is 521 Å². The van der Waals surface area contributed by atoms with Crippen molar-refractivity contribution in [2.45, 2.75) is 88.8 Å². The lowest BCUT2D eigenvalue weighted by atomic mass is 9.71. The third-order valence-corrected chi connectivity index (χ3v) is 16.2. The number of fused-ring (bicyclic) bond motifs is 10. The van der Waals surface area contributed by atoms with Crippen LogP contribution in [0.1, 0.15) is 81.8 Å². The Morgan fingerprint density at radius 1 is 0.557 bits per heavy atom. The minimum Gasteiger partial charge on any atom is -0.444 e. The first-order chi connectivity index (χ1) is 42.7. The monoisotopic (exact) mass is 1210 g/mol. The summed E-state index contributed by atoms with van der Waals surface area (Å²) in [4.78, 5) is 59.1. The lowest BCUT2D eigenvalue weighted by Crippen LogP contribution is -2.52. The highest BCUT2D eigenvalue weighted by Gasteiger charge is 2.42. The molecule has 0 bridgehead atoms. The molecule has 10 aromatic rings. The van der Waals surface area contributed by atoms with Gasteiger partial charge in [0.15, 0.2) is 11.6 Å². The molecule has 2 fully saturated rings. The molecule has 0 unspecified atom stereocenters. The number of alkyl halides is 2. The number of aromatic nitrogens is 6. The standard InChI is InChI=1S/C37H36N6O3.C32H28N6O.CH2Cl2/c1-36(2,3)46-35(45)42-37(20-10-21-37)25-18-16-24(17-19-25)32-29(23-31(44)39-26-11-5-4-6-12-26)41-34-27-13-7-8-14-28(27)40-33-30(43(32)34)15-9-22-38-33;33-32(17-7-18-32)22-15-13-21(14-16-22)29-26(20-28(39)35-23-8-2-1-3-9-23)37-31-24-10-4-5-11-25(24)36-30-27(38(29)31)12-6-19-34-30;2-1-3/h4-9,11-19,22H,10,20-21,23H2,1-3H3,(H,38,40)(H,39,44)(H,42,45);1-6,8-16,19H,7,17-18,20,33H2,(H,34,36)(H,35,39);1H2. The van der Waals surface area contributed by atoms with Crippen LogP contribution < -0.4 is 32.3 Å². The number of ether oxygens (including phenoxy) is 1. The number of nitrogens with one attached hydrogen (secondary N) is 5. The highest BCUT2D eigenvalue weighted by Crippen LogP contribution is 2.47. The van der Waals surface area contributed by atoms with Crippen LogP contribution in [0.15, 0.2) is 194 Å². The van der Waals surface area contributed by atoms with Crippen molar-refractivity contribution < 1.29 is 19.1 Å². The van der Waals surface area contributed by atoms with E-state index in [2.05, 4.69) is 94.2 Å². The summed E-state index contributed by atoms with van der Waals surface area (Å²) in [7, 11) is 0. The average molecular weight is 1210 g/mol. The maximum atomic E-state index is 13.4. The number of hydrogen-bond donors (Lipinski definition) is 6. The highest BCUT2D eigenvalue weighted by atomic mass is 35.5. The minimum atomic E-state index is -0.583. The molecule has 7 N–H and O–H groups in total. The number of nitrogens with zero attached hydrogens (tertiary/aromatic N) is 6. The van der Waals surface area contributed by atoms with E-state index in [1.165, 1.54) is 0 Å². The fraction of sp³-hybridized carbons (Fsp3) is 0.214. The predicted octanol–water partition coefficient (Wildman–Crippen LogP) is 15.3. The second-order valence-corrected chi connectivity index (χ2v) is 24.0. The van der Waals surface area contributed by atoms with Gasteiger partial charge in [-0.05, 0) is 143 Å². The summed E-state index contributed by atoms with van der Waals surface area (Å²) in [6.07, 6.45) is 9.16. The Bertz CT molecular complexity index is 4180. The second-order valence-electron chi connectivity index (χ2n) is 23.2. The van der Waals surface area contributed by atoms with Crippen LogP contribution in [0.25, 0.3) is 56.7 Å². The maximum Gasteiger partial charge on any atom is 0.408 e. The van der Waals surface area contributed by atoms with E-state index in [0.717, 1.165) is 135 Å². The van der Waals surface area contributed by atoms with Gasteiger partial charge in [-0.25, -0.2) is 24.7 Å². The number of carbonyl (C=O) groups excluding carboxylic acids is 3. The quantitative estimate of drug-likeness (QED) is 0.0672. The van der Waals surface area contributed by atoms with Crippen LogP contribution in [0.4, 0.5) is 39.2 Å². The summed E-state index contributed by atoms with van der Waals surface area (Å²) in [5.74, 6) is 2.62. The molecule has 444 valence electrons. The third-order valence-electron chi connectivity index (χ3n) is 16.2. The predicted molar refractivity (Wildman–Crippen MR) is 350 cm³/mol. The van der Waals surface area contributed by atoms with Gasteiger partial charge < -0.3 is 37.1 Å². The summed E-state index contributed by atoms with van der Waals surface area (Å²) in [6, 6.07) is 59.5. The number of carbonyl (C=O) groups is 3. The number of hydrogen-bond acceptors (Lipinski definition) is 11. The molecule has 2 aliphatic heterocycles. The summed E-state index contributed by atoms with van der Waals surface area (Å²) >= 11 is 9.53. The Morgan fingerprint density at radius 2 is 0.977 bits per heavy atom. The van der Waals surface area contributed by atoms with Crippen molar-refractivity contribution in [3.8, 4) is 56.7 Å². The van der Waals surface area contributed by atoms with E-state index >= 15 is 0 Å². The molecule has 2 aliphatic carbocycles. The second kappa shape index (κ2) is 25.0. The van der Waals surface area contributed by atoms with Crippen molar-refractivity contribution in [3.63, 3.8) is 0 Å². The van der Waals surface area contributed by atoms with E-state index in [0.29, 0.717) is 17.2 Å². The largest absolute Gasteiger partial charge is 0.444 e. The van der Waals surface area contributed by atoms with Crippen LogP contribution in [0, 0.1) is 0 Å². The van der Waals surface area contributed by atoms with E-state index in [-0.39, 0.29) is 35.5 Å². The molecule has 0 radical (unpaired) electrons. The zero-order valence-electron chi connectivity index (χ0n) is 49.0. The van der Waals surface area contributed by atoms with Crippen molar-refractivity contribution in [1.82, 2.24) is 34.4 Å². The number of para-hydroxylation sites is 4. The van der Waals surface area contributed by atoms with Crippen molar-refractivity contribution in [3.05, 3.63) is 217 Å². The molecule has 18 heteroatoms. The summed E-state index contributed by atoms with van der Waals surface area (Å²) < 4.78 is 9.82. The molecule has 6 heterocycles. The van der Waals surface area contributed by atoms with E-state index < -0.39 is 17.2 Å². The molecule has 0 spiro atoms. The van der Waals surface area contributed by atoms with Gasteiger partial charge >= 0.3 is 6.09 Å². The number of rotatable bonds is 11. The molecule has 2 saturated carbocycles. The number of nitrogens with two attached hydrogens (primary N) is 1.